The molecule has 0 bridgehead atoms. The van der Waals surface area contributed by atoms with E-state index in [9.17, 15) is 23.5 Å². The Kier molecular flexibility index (Phi) is 8.10. The topological polar surface area (TPSA) is 70.1 Å². The molecule has 0 spiro atoms. The van der Waals surface area contributed by atoms with Gasteiger partial charge in [-0.3, -0.25) is 14.5 Å². The lowest BCUT2D eigenvalue weighted by Crippen LogP contribution is -2.30. The van der Waals surface area contributed by atoms with Gasteiger partial charge in [0.1, 0.15) is 23.1 Å². The molecule has 38 heavy (non-hydrogen) atoms. The summed E-state index contributed by atoms with van der Waals surface area (Å²) in [6.07, 6.45) is 0.782. The lowest BCUT2D eigenvalue weighted by Gasteiger charge is -2.27. The first-order valence-corrected chi connectivity index (χ1v) is 12.6. The third-order valence-corrected chi connectivity index (χ3v) is 6.53. The van der Waals surface area contributed by atoms with E-state index < -0.39 is 35.1 Å². The van der Waals surface area contributed by atoms with Crippen LogP contribution in [-0.2, 0) is 9.59 Å². The molecule has 6 nitrogen and oxygen atoms in total. The van der Waals surface area contributed by atoms with Gasteiger partial charge in [-0.2, -0.15) is 0 Å². The second-order valence-corrected chi connectivity index (χ2v) is 8.90. The molecule has 3 aromatic carbocycles. The van der Waals surface area contributed by atoms with Gasteiger partial charge in [0, 0.05) is 30.4 Å². The van der Waals surface area contributed by atoms with Gasteiger partial charge in [0.05, 0.1) is 23.9 Å². The monoisotopic (exact) mass is 520 g/mol. The number of halogens is 2. The number of ether oxygens (including phenoxy) is 1. The molecular formula is C30H30F2N2O4. The average molecular weight is 521 g/mol. The normalized spacial score (nSPS) is 16.7. The molecule has 1 saturated heterocycles. The van der Waals surface area contributed by atoms with Crippen LogP contribution in [0.15, 0.2) is 72.3 Å². The molecule has 8 heteroatoms. The lowest BCUT2D eigenvalue weighted by atomic mass is 9.94. The molecule has 1 heterocycles. The fraction of sp³-hybridized carbons (Fsp3) is 0.267. The van der Waals surface area contributed by atoms with Crippen molar-refractivity contribution in [1.29, 1.82) is 0 Å². The van der Waals surface area contributed by atoms with Crippen LogP contribution in [0, 0.1) is 11.6 Å². The van der Waals surface area contributed by atoms with Crippen LogP contribution in [0.1, 0.15) is 44.4 Å². The van der Waals surface area contributed by atoms with E-state index in [1.54, 1.807) is 36.4 Å². The van der Waals surface area contributed by atoms with Crippen molar-refractivity contribution in [2.75, 3.05) is 29.5 Å². The molecule has 198 valence electrons. The first kappa shape index (κ1) is 26.9. The minimum atomic E-state index is -1.18. The minimum Gasteiger partial charge on any atom is -0.507 e. The number of carbonyl (C=O) groups excluding carboxylic acids is 2. The third-order valence-electron chi connectivity index (χ3n) is 6.53. The number of rotatable bonds is 9. The van der Waals surface area contributed by atoms with Gasteiger partial charge in [-0.25, -0.2) is 8.78 Å². The number of amides is 1. The predicted octanol–water partition coefficient (Wildman–Crippen LogP) is 6.23. The van der Waals surface area contributed by atoms with Crippen molar-refractivity contribution in [2.45, 2.75) is 33.2 Å². The highest BCUT2D eigenvalue weighted by molar-refractivity contribution is 6.51. The Morgan fingerprint density at radius 1 is 0.974 bits per heavy atom. The Bertz CT molecular complexity index is 1370. The van der Waals surface area contributed by atoms with Crippen molar-refractivity contribution < 1.29 is 28.2 Å². The van der Waals surface area contributed by atoms with Crippen molar-refractivity contribution >= 4 is 28.8 Å². The predicted molar refractivity (Wildman–Crippen MR) is 143 cm³/mol. The van der Waals surface area contributed by atoms with Crippen molar-refractivity contribution in [2.24, 2.45) is 0 Å². The Morgan fingerprint density at radius 2 is 1.68 bits per heavy atom. The van der Waals surface area contributed by atoms with Crippen LogP contribution in [0.5, 0.6) is 5.75 Å². The highest BCUT2D eigenvalue weighted by Gasteiger charge is 2.47. The van der Waals surface area contributed by atoms with Crippen molar-refractivity contribution in [3.63, 3.8) is 0 Å². The van der Waals surface area contributed by atoms with Crippen LogP contribution in [0.2, 0.25) is 0 Å². The average Bonchev–Trinajstić information content (AvgIpc) is 3.19. The summed E-state index contributed by atoms with van der Waals surface area (Å²) in [7, 11) is 0. The van der Waals surface area contributed by atoms with E-state index in [1.807, 2.05) is 32.9 Å². The molecule has 0 aliphatic carbocycles. The molecule has 1 N–H and O–H groups in total. The van der Waals surface area contributed by atoms with Crippen molar-refractivity contribution in [1.82, 2.24) is 0 Å². The first-order valence-electron chi connectivity index (χ1n) is 12.6. The molecule has 1 amide bonds. The highest BCUT2D eigenvalue weighted by atomic mass is 19.1. The Labute approximate surface area is 220 Å². The molecular weight excluding hydrogens is 490 g/mol. The maximum absolute atomic E-state index is 14.9. The van der Waals surface area contributed by atoms with Crippen LogP contribution in [0.4, 0.5) is 20.2 Å². The first-order chi connectivity index (χ1) is 18.3. The molecule has 0 aromatic heterocycles. The molecule has 1 aliphatic rings. The maximum Gasteiger partial charge on any atom is 0.300 e. The quantitative estimate of drug-likeness (QED) is 0.206. The van der Waals surface area contributed by atoms with Crippen molar-refractivity contribution in [3.8, 4) is 5.75 Å². The minimum absolute atomic E-state index is 0.220. The molecule has 1 unspecified atom stereocenters. The lowest BCUT2D eigenvalue weighted by molar-refractivity contribution is -0.132. The van der Waals surface area contributed by atoms with Gasteiger partial charge in [0.25, 0.3) is 11.7 Å². The van der Waals surface area contributed by atoms with Crippen LogP contribution in [-0.4, -0.2) is 36.5 Å². The fourth-order valence-electron chi connectivity index (χ4n) is 4.63. The second-order valence-electron chi connectivity index (χ2n) is 8.90. The number of nitrogens with zero attached hydrogens (tertiary/aromatic N) is 2. The standard InChI is InChI=1S/C30H30F2N2O4/c1-4-16-38-23-9-7-8-20(17-23)28(35)26-27(19-10-13-22(14-11-19)33(5-2)6-3)34(30(37)29(26)36)25-18-21(31)12-15-24(25)32/h7-15,17-18,27,35H,4-6,16H2,1-3H3/b28-26+. The van der Waals surface area contributed by atoms with E-state index in [4.69, 9.17) is 4.74 Å². The number of benzene rings is 3. The second kappa shape index (κ2) is 11.5. The van der Waals surface area contributed by atoms with Gasteiger partial charge >= 0.3 is 0 Å². The summed E-state index contributed by atoms with van der Waals surface area (Å²) in [5, 5.41) is 11.3. The van der Waals surface area contributed by atoms with Gasteiger partial charge < -0.3 is 14.7 Å². The number of hydrogen-bond donors (Lipinski definition) is 1. The largest absolute Gasteiger partial charge is 0.507 e. The van der Waals surface area contributed by atoms with Gasteiger partial charge in [-0.05, 0) is 62.2 Å². The number of hydrogen-bond acceptors (Lipinski definition) is 5. The van der Waals surface area contributed by atoms with Crippen LogP contribution in [0.25, 0.3) is 5.76 Å². The molecule has 0 radical (unpaired) electrons. The van der Waals surface area contributed by atoms with E-state index in [-0.39, 0.29) is 16.8 Å². The van der Waals surface area contributed by atoms with Crippen LogP contribution < -0.4 is 14.5 Å². The van der Waals surface area contributed by atoms with Crippen LogP contribution in [0.3, 0.4) is 0 Å². The summed E-state index contributed by atoms with van der Waals surface area (Å²) < 4.78 is 34.7. The SMILES string of the molecule is CCCOc1cccc(/C(O)=C2\C(=O)C(=O)N(c3cc(F)ccc3F)C2c2ccc(N(CC)CC)cc2)c1. The van der Waals surface area contributed by atoms with E-state index in [2.05, 4.69) is 4.90 Å². The zero-order valence-electron chi connectivity index (χ0n) is 21.6. The highest BCUT2D eigenvalue weighted by Crippen LogP contribution is 2.43. The van der Waals surface area contributed by atoms with Gasteiger partial charge in [-0.1, -0.05) is 31.2 Å². The fourth-order valence-corrected chi connectivity index (χ4v) is 4.63. The number of carbonyl (C=O) groups is 2. The molecule has 4 rings (SSSR count). The van der Waals surface area contributed by atoms with Crippen molar-refractivity contribution in [3.05, 3.63) is 95.1 Å². The summed E-state index contributed by atoms with van der Waals surface area (Å²) in [5.41, 5.74) is 1.05. The van der Waals surface area contributed by atoms with Gasteiger partial charge in [0.15, 0.2) is 0 Å². The zero-order chi connectivity index (χ0) is 27.4. The molecule has 1 aliphatic heterocycles. The molecule has 1 atom stereocenters. The summed E-state index contributed by atoms with van der Waals surface area (Å²) in [6, 6.07) is 15.2. The molecule has 0 saturated carbocycles. The number of aliphatic hydroxyl groups excluding tert-OH is 1. The summed E-state index contributed by atoms with van der Waals surface area (Å²) in [4.78, 5) is 29.7. The summed E-state index contributed by atoms with van der Waals surface area (Å²) in [6.45, 7) is 8.03. The summed E-state index contributed by atoms with van der Waals surface area (Å²) in [5.74, 6) is -3.63. The maximum atomic E-state index is 14.9. The Balaban J connectivity index is 1.90. The molecule has 3 aromatic rings. The summed E-state index contributed by atoms with van der Waals surface area (Å²) >= 11 is 0. The van der Waals surface area contributed by atoms with Crippen LogP contribution >= 0.6 is 0 Å². The van der Waals surface area contributed by atoms with E-state index >= 15 is 0 Å². The van der Waals surface area contributed by atoms with E-state index in [1.165, 1.54) is 0 Å². The smallest absolute Gasteiger partial charge is 0.300 e. The zero-order valence-corrected chi connectivity index (χ0v) is 21.6. The Hall–Kier alpha value is -4.20. The molecule has 1 fully saturated rings. The van der Waals surface area contributed by atoms with E-state index in [0.717, 1.165) is 48.3 Å². The number of ketones is 1. The Morgan fingerprint density at radius 3 is 2.34 bits per heavy atom. The van der Waals surface area contributed by atoms with E-state index in [0.29, 0.717) is 17.9 Å². The third kappa shape index (κ3) is 5.11. The number of Topliss-reactive ketones (excluding diaryl/α,β-unsaturated/α-hetero) is 1. The van der Waals surface area contributed by atoms with Gasteiger partial charge in [0.2, 0.25) is 0 Å². The number of anilines is 2. The van der Waals surface area contributed by atoms with Gasteiger partial charge in [-0.15, -0.1) is 0 Å². The number of aliphatic hydroxyl groups is 1.